The molecule has 0 unspecified atom stereocenters. The number of pyridine rings is 1. The van der Waals surface area contributed by atoms with E-state index in [2.05, 4.69) is 62.8 Å². The Bertz CT molecular complexity index is 939. The summed E-state index contributed by atoms with van der Waals surface area (Å²) in [5.74, 6) is 0.553. The maximum absolute atomic E-state index is 6.17. The lowest BCUT2D eigenvalue weighted by molar-refractivity contribution is 0.172. The van der Waals surface area contributed by atoms with Gasteiger partial charge in [-0.15, -0.1) is 11.3 Å². The zero-order valence-electron chi connectivity index (χ0n) is 18.0. The fourth-order valence-corrected chi connectivity index (χ4v) is 4.63. The molecule has 0 saturated carbocycles. The van der Waals surface area contributed by atoms with Crippen LogP contribution in [-0.4, -0.2) is 34.0 Å². The first-order valence-corrected chi connectivity index (χ1v) is 11.3. The molecular weight excluding hydrogens is 364 g/mol. The van der Waals surface area contributed by atoms with Gasteiger partial charge >= 0.3 is 0 Å². The van der Waals surface area contributed by atoms with E-state index in [4.69, 9.17) is 10.7 Å². The highest BCUT2D eigenvalue weighted by Crippen LogP contribution is 2.33. The third-order valence-electron chi connectivity index (χ3n) is 5.53. The molecule has 28 heavy (non-hydrogen) atoms. The number of anilines is 1. The summed E-state index contributed by atoms with van der Waals surface area (Å²) in [6.45, 7) is 10.2. The first-order valence-electron chi connectivity index (χ1n) is 10.5. The predicted octanol–water partition coefficient (Wildman–Crippen LogP) is 5.82. The quantitative estimate of drug-likeness (QED) is 0.486. The molecule has 3 rings (SSSR count). The van der Waals surface area contributed by atoms with Crippen molar-refractivity contribution in [2.45, 2.75) is 71.8 Å². The maximum atomic E-state index is 6.17. The van der Waals surface area contributed by atoms with Gasteiger partial charge in [0.15, 0.2) is 5.82 Å². The van der Waals surface area contributed by atoms with Crippen molar-refractivity contribution in [3.63, 3.8) is 0 Å². The Morgan fingerprint density at radius 2 is 1.86 bits per heavy atom. The zero-order chi connectivity index (χ0) is 20.3. The Balaban J connectivity index is 1.69. The van der Waals surface area contributed by atoms with Crippen LogP contribution in [0.15, 0.2) is 18.2 Å². The SMILES string of the molecule is CCCc1nc2c(N)nc3ccc(CCCCCN(C)C(C)(C)C)cc3c2s1. The summed E-state index contributed by atoms with van der Waals surface area (Å²) in [6, 6.07) is 6.63. The van der Waals surface area contributed by atoms with Crippen molar-refractivity contribution in [2.75, 3.05) is 19.3 Å². The molecule has 2 heterocycles. The summed E-state index contributed by atoms with van der Waals surface area (Å²) >= 11 is 1.78. The Kier molecular flexibility index (Phi) is 6.56. The van der Waals surface area contributed by atoms with Crippen molar-refractivity contribution < 1.29 is 0 Å². The second kappa shape index (κ2) is 8.75. The van der Waals surface area contributed by atoms with E-state index in [0.29, 0.717) is 5.82 Å². The Hall–Kier alpha value is -1.72. The van der Waals surface area contributed by atoms with E-state index in [1.165, 1.54) is 34.9 Å². The summed E-state index contributed by atoms with van der Waals surface area (Å²) in [7, 11) is 2.22. The first kappa shape index (κ1) is 21.0. The molecular formula is C23H34N4S. The highest BCUT2D eigenvalue weighted by atomic mass is 32.1. The normalized spacial score (nSPS) is 12.5. The monoisotopic (exact) mass is 398 g/mol. The molecule has 4 nitrogen and oxygen atoms in total. The highest BCUT2D eigenvalue weighted by molar-refractivity contribution is 7.19. The number of nitrogen functional groups attached to an aromatic ring is 1. The standard InChI is InChI=1S/C23H34N4S/c1-6-10-19-26-20-21(28-19)17-15-16(12-13-18(17)25-22(20)24)11-8-7-9-14-27(5)23(2,3)4/h12-13,15H,6-11,14H2,1-5H3,(H2,24,25). The Labute approximate surface area is 173 Å². The van der Waals surface area contributed by atoms with Gasteiger partial charge in [-0.25, -0.2) is 9.97 Å². The number of benzene rings is 1. The van der Waals surface area contributed by atoms with Gasteiger partial charge in [-0.3, -0.25) is 0 Å². The van der Waals surface area contributed by atoms with Crippen LogP contribution in [0.25, 0.3) is 21.1 Å². The van der Waals surface area contributed by atoms with Crippen LogP contribution in [0.3, 0.4) is 0 Å². The molecule has 0 aliphatic rings. The van der Waals surface area contributed by atoms with E-state index in [1.54, 1.807) is 11.3 Å². The summed E-state index contributed by atoms with van der Waals surface area (Å²) in [6.07, 6.45) is 6.94. The fourth-order valence-electron chi connectivity index (χ4n) is 3.43. The maximum Gasteiger partial charge on any atom is 0.151 e. The van der Waals surface area contributed by atoms with Crippen LogP contribution < -0.4 is 5.73 Å². The van der Waals surface area contributed by atoms with Crippen molar-refractivity contribution in [3.05, 3.63) is 28.8 Å². The smallest absolute Gasteiger partial charge is 0.151 e. The van der Waals surface area contributed by atoms with Gasteiger partial charge in [0.1, 0.15) is 5.52 Å². The lowest BCUT2D eigenvalue weighted by atomic mass is 10.0. The van der Waals surface area contributed by atoms with Gasteiger partial charge in [-0.05, 0) is 84.2 Å². The topological polar surface area (TPSA) is 55.0 Å². The Morgan fingerprint density at radius 1 is 1.07 bits per heavy atom. The van der Waals surface area contributed by atoms with Gasteiger partial charge in [-0.2, -0.15) is 0 Å². The molecule has 1 aromatic carbocycles. The number of aryl methyl sites for hydroxylation is 2. The van der Waals surface area contributed by atoms with Gasteiger partial charge in [0, 0.05) is 10.9 Å². The number of aromatic nitrogens is 2. The minimum atomic E-state index is 0.254. The average Bonchev–Trinajstić information content (AvgIpc) is 3.06. The van der Waals surface area contributed by atoms with Gasteiger partial charge < -0.3 is 10.6 Å². The zero-order valence-corrected chi connectivity index (χ0v) is 18.8. The number of unbranched alkanes of at least 4 members (excludes halogenated alkanes) is 2. The molecule has 5 heteroatoms. The first-order chi connectivity index (χ1) is 13.3. The number of hydrogen-bond donors (Lipinski definition) is 1. The van der Waals surface area contributed by atoms with Crippen molar-refractivity contribution in [1.29, 1.82) is 0 Å². The van der Waals surface area contributed by atoms with Gasteiger partial charge in [-0.1, -0.05) is 19.4 Å². The van der Waals surface area contributed by atoms with E-state index in [-0.39, 0.29) is 5.54 Å². The fraction of sp³-hybridized carbons (Fsp3) is 0.565. The third kappa shape index (κ3) is 4.81. The average molecular weight is 399 g/mol. The minimum Gasteiger partial charge on any atom is -0.382 e. The predicted molar refractivity (Wildman–Crippen MR) is 123 cm³/mol. The van der Waals surface area contributed by atoms with E-state index < -0.39 is 0 Å². The third-order valence-corrected chi connectivity index (χ3v) is 6.68. The van der Waals surface area contributed by atoms with E-state index in [1.807, 2.05) is 0 Å². The molecule has 0 spiro atoms. The summed E-state index contributed by atoms with van der Waals surface area (Å²) in [5, 5.41) is 2.36. The summed E-state index contributed by atoms with van der Waals surface area (Å²) in [5.41, 5.74) is 9.66. The molecule has 3 aromatic rings. The number of nitrogens with two attached hydrogens (primary N) is 1. The molecule has 0 fully saturated rings. The number of nitrogens with zero attached hydrogens (tertiary/aromatic N) is 3. The van der Waals surface area contributed by atoms with Crippen LogP contribution in [0.1, 0.15) is 63.9 Å². The molecule has 0 amide bonds. The lowest BCUT2D eigenvalue weighted by Crippen LogP contribution is -2.38. The number of thiazole rings is 1. The van der Waals surface area contributed by atoms with Crippen LogP contribution in [-0.2, 0) is 12.8 Å². The number of fused-ring (bicyclic) bond motifs is 3. The number of hydrogen-bond acceptors (Lipinski definition) is 5. The van der Waals surface area contributed by atoms with Crippen molar-refractivity contribution in [2.24, 2.45) is 0 Å². The Morgan fingerprint density at radius 3 is 2.57 bits per heavy atom. The van der Waals surface area contributed by atoms with Gasteiger partial charge in [0.05, 0.1) is 15.2 Å². The second-order valence-corrected chi connectivity index (χ2v) is 9.87. The summed E-state index contributed by atoms with van der Waals surface area (Å²) in [4.78, 5) is 11.8. The molecule has 2 N–H and O–H groups in total. The molecule has 0 saturated heterocycles. The minimum absolute atomic E-state index is 0.254. The van der Waals surface area contributed by atoms with E-state index in [0.717, 1.165) is 41.8 Å². The van der Waals surface area contributed by atoms with Crippen LogP contribution >= 0.6 is 11.3 Å². The molecule has 2 aromatic heterocycles. The van der Waals surface area contributed by atoms with Crippen molar-refractivity contribution in [1.82, 2.24) is 14.9 Å². The van der Waals surface area contributed by atoms with Crippen LogP contribution in [0.5, 0.6) is 0 Å². The summed E-state index contributed by atoms with van der Waals surface area (Å²) < 4.78 is 1.19. The second-order valence-electron chi connectivity index (χ2n) is 8.79. The molecule has 0 atom stereocenters. The lowest BCUT2D eigenvalue weighted by Gasteiger charge is -2.31. The van der Waals surface area contributed by atoms with Gasteiger partial charge in [0.25, 0.3) is 0 Å². The molecule has 0 aliphatic heterocycles. The van der Waals surface area contributed by atoms with Gasteiger partial charge in [0.2, 0.25) is 0 Å². The number of rotatable bonds is 8. The van der Waals surface area contributed by atoms with Crippen LogP contribution in [0.4, 0.5) is 5.82 Å². The van der Waals surface area contributed by atoms with Crippen molar-refractivity contribution >= 4 is 38.3 Å². The van der Waals surface area contributed by atoms with E-state index >= 15 is 0 Å². The largest absolute Gasteiger partial charge is 0.382 e. The molecule has 0 aliphatic carbocycles. The van der Waals surface area contributed by atoms with Crippen LogP contribution in [0, 0.1) is 0 Å². The van der Waals surface area contributed by atoms with Crippen molar-refractivity contribution in [3.8, 4) is 0 Å². The van der Waals surface area contributed by atoms with E-state index in [9.17, 15) is 0 Å². The highest BCUT2D eigenvalue weighted by Gasteiger charge is 2.16. The molecule has 152 valence electrons. The van der Waals surface area contributed by atoms with Crippen LogP contribution in [0.2, 0.25) is 0 Å². The molecule has 0 radical (unpaired) electrons. The molecule has 0 bridgehead atoms.